The molecule has 1 aliphatic heterocycles. The number of Topliss-reactive ketones (excluding diaryl/α,β-unsaturated/α-hetero) is 1. The summed E-state index contributed by atoms with van der Waals surface area (Å²) in [4.78, 5) is 34.6. The van der Waals surface area contributed by atoms with Gasteiger partial charge < -0.3 is 20.1 Å². The highest BCUT2D eigenvalue weighted by Gasteiger charge is 2.28. The van der Waals surface area contributed by atoms with Crippen molar-refractivity contribution in [2.75, 3.05) is 32.2 Å². The fourth-order valence-corrected chi connectivity index (χ4v) is 3.25. The summed E-state index contributed by atoms with van der Waals surface area (Å²) in [5, 5.41) is 0. The summed E-state index contributed by atoms with van der Waals surface area (Å²) in [6.07, 6.45) is 4.54. The average Bonchev–Trinajstić information content (AvgIpc) is 2.72. The van der Waals surface area contributed by atoms with Gasteiger partial charge in [-0.15, -0.1) is 0 Å². The molecule has 27 heavy (non-hydrogen) atoms. The summed E-state index contributed by atoms with van der Waals surface area (Å²) in [6.45, 7) is 1.25. The number of amides is 1. The quantitative estimate of drug-likeness (QED) is 0.771. The molecule has 8 nitrogen and oxygen atoms in total. The highest BCUT2D eigenvalue weighted by molar-refractivity contribution is 5.99. The standard InChI is InChI=1S/C19H22N4O4/c1-26-15-6-5-12(8-16(15)27-2)18(24)13-4-3-7-23(11-13)17-10-21-9-14(22-17)19(20)25/h5-6,8-10,13H,3-4,7,11H2,1-2H3,(H2,20,25)/t13-/m1/s1. The van der Waals surface area contributed by atoms with Gasteiger partial charge in [-0.25, -0.2) is 4.98 Å². The van der Waals surface area contributed by atoms with E-state index >= 15 is 0 Å². The Hall–Kier alpha value is -3.16. The molecule has 0 saturated carbocycles. The van der Waals surface area contributed by atoms with Gasteiger partial charge in [-0.05, 0) is 31.0 Å². The normalized spacial score (nSPS) is 16.7. The summed E-state index contributed by atoms with van der Waals surface area (Å²) >= 11 is 0. The van der Waals surface area contributed by atoms with E-state index in [0.29, 0.717) is 29.4 Å². The first-order valence-electron chi connectivity index (χ1n) is 8.66. The third-order valence-electron chi connectivity index (χ3n) is 4.66. The summed E-state index contributed by atoms with van der Waals surface area (Å²) in [6, 6.07) is 5.18. The Morgan fingerprint density at radius 2 is 1.96 bits per heavy atom. The van der Waals surface area contributed by atoms with Gasteiger partial charge in [-0.2, -0.15) is 0 Å². The number of hydrogen-bond donors (Lipinski definition) is 1. The molecule has 1 aromatic heterocycles. The number of benzene rings is 1. The van der Waals surface area contributed by atoms with Gasteiger partial charge in [0, 0.05) is 24.6 Å². The zero-order valence-electron chi connectivity index (χ0n) is 15.3. The highest BCUT2D eigenvalue weighted by atomic mass is 16.5. The van der Waals surface area contributed by atoms with Crippen LogP contribution in [0.1, 0.15) is 33.7 Å². The smallest absolute Gasteiger partial charge is 0.268 e. The number of anilines is 1. The molecule has 0 unspecified atom stereocenters. The average molecular weight is 370 g/mol. The number of aromatic nitrogens is 2. The van der Waals surface area contributed by atoms with E-state index in [1.54, 1.807) is 38.6 Å². The van der Waals surface area contributed by atoms with Gasteiger partial charge in [0.15, 0.2) is 17.3 Å². The van der Waals surface area contributed by atoms with Crippen molar-refractivity contribution in [2.45, 2.75) is 12.8 Å². The van der Waals surface area contributed by atoms with Crippen molar-refractivity contribution < 1.29 is 19.1 Å². The number of carbonyl (C=O) groups is 2. The van der Waals surface area contributed by atoms with Crippen LogP contribution in [-0.2, 0) is 0 Å². The van der Waals surface area contributed by atoms with Crippen LogP contribution >= 0.6 is 0 Å². The zero-order chi connectivity index (χ0) is 19.4. The number of piperidine rings is 1. The molecule has 0 radical (unpaired) electrons. The highest BCUT2D eigenvalue weighted by Crippen LogP contribution is 2.30. The van der Waals surface area contributed by atoms with Crippen LogP contribution in [0.4, 0.5) is 5.82 Å². The Balaban J connectivity index is 1.79. The minimum absolute atomic E-state index is 0.0414. The number of nitrogens with two attached hydrogens (primary N) is 1. The number of nitrogens with zero attached hydrogens (tertiary/aromatic N) is 3. The van der Waals surface area contributed by atoms with Gasteiger partial charge in [-0.3, -0.25) is 14.6 Å². The first-order valence-corrected chi connectivity index (χ1v) is 8.66. The maximum absolute atomic E-state index is 13.0. The van der Waals surface area contributed by atoms with Crippen LogP contribution in [0.3, 0.4) is 0 Å². The monoisotopic (exact) mass is 370 g/mol. The van der Waals surface area contributed by atoms with Crippen molar-refractivity contribution in [1.82, 2.24) is 9.97 Å². The van der Waals surface area contributed by atoms with E-state index < -0.39 is 5.91 Å². The van der Waals surface area contributed by atoms with Gasteiger partial charge in [0.1, 0.15) is 11.5 Å². The fraction of sp³-hybridized carbons (Fsp3) is 0.368. The topological polar surface area (TPSA) is 108 Å². The first kappa shape index (κ1) is 18.6. The number of carbonyl (C=O) groups excluding carboxylic acids is 2. The van der Waals surface area contributed by atoms with Crippen molar-refractivity contribution in [2.24, 2.45) is 11.7 Å². The Bertz CT molecular complexity index is 855. The molecule has 1 fully saturated rings. The van der Waals surface area contributed by atoms with E-state index in [1.165, 1.54) is 6.20 Å². The van der Waals surface area contributed by atoms with Gasteiger partial charge in [-0.1, -0.05) is 0 Å². The molecule has 0 bridgehead atoms. The molecule has 8 heteroatoms. The number of ketones is 1. The van der Waals surface area contributed by atoms with Gasteiger partial charge in [0.2, 0.25) is 0 Å². The van der Waals surface area contributed by atoms with Crippen molar-refractivity contribution >= 4 is 17.5 Å². The zero-order valence-corrected chi connectivity index (χ0v) is 15.3. The molecule has 1 atom stereocenters. The number of methoxy groups -OCH3 is 2. The van der Waals surface area contributed by atoms with E-state index in [9.17, 15) is 9.59 Å². The second-order valence-electron chi connectivity index (χ2n) is 6.35. The van der Waals surface area contributed by atoms with Crippen molar-refractivity contribution in [3.63, 3.8) is 0 Å². The Kier molecular flexibility index (Phi) is 5.54. The largest absolute Gasteiger partial charge is 0.493 e. The van der Waals surface area contributed by atoms with E-state index in [2.05, 4.69) is 9.97 Å². The van der Waals surface area contributed by atoms with E-state index in [1.807, 2.05) is 4.90 Å². The van der Waals surface area contributed by atoms with Crippen molar-refractivity contribution in [3.8, 4) is 11.5 Å². The summed E-state index contributed by atoms with van der Waals surface area (Å²) in [5.41, 5.74) is 5.97. The third-order valence-corrected chi connectivity index (χ3v) is 4.66. The molecule has 1 saturated heterocycles. The van der Waals surface area contributed by atoms with Crippen molar-refractivity contribution in [3.05, 3.63) is 41.9 Å². The third kappa shape index (κ3) is 3.99. The van der Waals surface area contributed by atoms with Gasteiger partial charge in [0.25, 0.3) is 5.91 Å². The van der Waals surface area contributed by atoms with E-state index in [-0.39, 0.29) is 17.4 Å². The summed E-state index contributed by atoms with van der Waals surface area (Å²) in [5.74, 6) is 0.889. The maximum Gasteiger partial charge on any atom is 0.268 e. The van der Waals surface area contributed by atoms with Gasteiger partial charge in [0.05, 0.1) is 26.6 Å². The minimum Gasteiger partial charge on any atom is -0.493 e. The van der Waals surface area contributed by atoms with Crippen LogP contribution in [-0.4, -0.2) is 49.0 Å². The Morgan fingerprint density at radius 1 is 1.19 bits per heavy atom. The second kappa shape index (κ2) is 8.03. The second-order valence-corrected chi connectivity index (χ2v) is 6.35. The summed E-state index contributed by atoms with van der Waals surface area (Å²) in [7, 11) is 3.10. The SMILES string of the molecule is COc1ccc(C(=O)[C@@H]2CCCN(c3cncc(C(N)=O)n3)C2)cc1OC. The lowest BCUT2D eigenvalue weighted by molar-refractivity contribution is 0.0905. The summed E-state index contributed by atoms with van der Waals surface area (Å²) < 4.78 is 10.5. The van der Waals surface area contributed by atoms with Crippen LogP contribution in [0, 0.1) is 5.92 Å². The lowest BCUT2D eigenvalue weighted by atomic mass is 9.90. The number of hydrogen-bond acceptors (Lipinski definition) is 7. The Labute approximate surface area is 157 Å². The van der Waals surface area contributed by atoms with E-state index in [0.717, 1.165) is 19.4 Å². The molecular weight excluding hydrogens is 348 g/mol. The van der Waals surface area contributed by atoms with Crippen LogP contribution < -0.4 is 20.1 Å². The molecular formula is C19H22N4O4. The lowest BCUT2D eigenvalue weighted by Gasteiger charge is -2.32. The molecule has 2 heterocycles. The predicted molar refractivity (Wildman–Crippen MR) is 99.4 cm³/mol. The fourth-order valence-electron chi connectivity index (χ4n) is 3.25. The molecule has 1 aromatic carbocycles. The maximum atomic E-state index is 13.0. The molecule has 2 aromatic rings. The molecule has 0 spiro atoms. The Morgan fingerprint density at radius 3 is 2.67 bits per heavy atom. The molecule has 3 rings (SSSR count). The minimum atomic E-state index is -0.626. The lowest BCUT2D eigenvalue weighted by Crippen LogP contribution is -2.39. The molecule has 142 valence electrons. The van der Waals surface area contributed by atoms with Crippen LogP contribution in [0.2, 0.25) is 0 Å². The first-order chi connectivity index (χ1) is 13.0. The number of primary amides is 1. The molecule has 0 aliphatic carbocycles. The van der Waals surface area contributed by atoms with Gasteiger partial charge >= 0.3 is 0 Å². The van der Waals surface area contributed by atoms with Crippen LogP contribution in [0.25, 0.3) is 0 Å². The van der Waals surface area contributed by atoms with E-state index in [4.69, 9.17) is 15.2 Å². The molecule has 1 amide bonds. The number of rotatable bonds is 6. The molecule has 1 aliphatic rings. The predicted octanol–water partition coefficient (Wildman–Crippen LogP) is 1.69. The molecule has 2 N–H and O–H groups in total. The number of ether oxygens (including phenoxy) is 2. The van der Waals surface area contributed by atoms with Crippen LogP contribution in [0.5, 0.6) is 11.5 Å². The van der Waals surface area contributed by atoms with Crippen LogP contribution in [0.15, 0.2) is 30.6 Å². The van der Waals surface area contributed by atoms with Crippen molar-refractivity contribution in [1.29, 1.82) is 0 Å².